The van der Waals surface area contributed by atoms with Gasteiger partial charge in [0.15, 0.2) is 0 Å². The van der Waals surface area contributed by atoms with Crippen LogP contribution in [0.2, 0.25) is 10.0 Å². The normalized spacial score (nSPS) is 12.2. The zero-order valence-electron chi connectivity index (χ0n) is 22.4. The quantitative estimate of drug-likeness (QED) is 0.331. The van der Waals surface area contributed by atoms with Crippen LogP contribution < -0.4 is 9.62 Å². The van der Waals surface area contributed by atoms with E-state index in [1.165, 1.54) is 23.1 Å². The lowest BCUT2D eigenvalue weighted by molar-refractivity contribution is -0.140. The monoisotopic (exact) mass is 589 g/mol. The molecule has 0 spiro atoms. The van der Waals surface area contributed by atoms with Gasteiger partial charge in [0.25, 0.3) is 0 Å². The van der Waals surface area contributed by atoms with Gasteiger partial charge in [0.1, 0.15) is 12.6 Å². The summed E-state index contributed by atoms with van der Waals surface area (Å²) in [6.45, 7) is 5.18. The minimum Gasteiger partial charge on any atom is -0.352 e. The molecule has 208 valence electrons. The molecule has 0 radical (unpaired) electrons. The highest BCUT2D eigenvalue weighted by molar-refractivity contribution is 7.92. The molecule has 0 saturated heterocycles. The number of amides is 2. The van der Waals surface area contributed by atoms with Crippen molar-refractivity contribution in [1.29, 1.82) is 0 Å². The fourth-order valence-corrected chi connectivity index (χ4v) is 5.39. The predicted octanol–water partition coefficient (Wildman–Crippen LogP) is 5.23. The Morgan fingerprint density at radius 3 is 2.15 bits per heavy atom. The third kappa shape index (κ3) is 8.71. The number of rotatable bonds is 11. The molecule has 39 heavy (non-hydrogen) atoms. The van der Waals surface area contributed by atoms with Crippen LogP contribution in [0.5, 0.6) is 0 Å². The maximum atomic E-state index is 14.0. The second kappa shape index (κ2) is 13.3. The molecule has 0 aliphatic heterocycles. The number of benzene rings is 3. The minimum absolute atomic E-state index is 0.0848. The molecular formula is C29H33Cl2N3O4S. The molecule has 7 nitrogen and oxygen atoms in total. The molecule has 0 heterocycles. The average molecular weight is 591 g/mol. The summed E-state index contributed by atoms with van der Waals surface area (Å²) >= 11 is 12.5. The number of halogens is 2. The summed E-state index contributed by atoms with van der Waals surface area (Å²) in [6.07, 6.45) is 1.24. The summed E-state index contributed by atoms with van der Waals surface area (Å²) in [5, 5.41) is 3.32. The first-order valence-corrected chi connectivity index (χ1v) is 15.1. The largest absolute Gasteiger partial charge is 0.352 e. The smallest absolute Gasteiger partial charge is 0.244 e. The maximum absolute atomic E-state index is 14.0. The van der Waals surface area contributed by atoms with Crippen molar-refractivity contribution in [2.45, 2.75) is 45.8 Å². The van der Waals surface area contributed by atoms with Crippen molar-refractivity contribution in [3.63, 3.8) is 0 Å². The van der Waals surface area contributed by atoms with E-state index in [9.17, 15) is 18.0 Å². The molecule has 0 fully saturated rings. The van der Waals surface area contributed by atoms with Crippen LogP contribution in [-0.2, 0) is 32.6 Å². The van der Waals surface area contributed by atoms with Crippen molar-refractivity contribution < 1.29 is 18.0 Å². The van der Waals surface area contributed by atoms with Crippen LogP contribution >= 0.6 is 23.2 Å². The number of hydrogen-bond donors (Lipinski definition) is 1. The van der Waals surface area contributed by atoms with Crippen LogP contribution in [0.25, 0.3) is 0 Å². The number of hydrogen-bond acceptors (Lipinski definition) is 4. The molecule has 0 saturated carbocycles. The van der Waals surface area contributed by atoms with Gasteiger partial charge in [-0.1, -0.05) is 83.4 Å². The highest BCUT2D eigenvalue weighted by Crippen LogP contribution is 2.31. The van der Waals surface area contributed by atoms with Gasteiger partial charge in [0, 0.05) is 24.0 Å². The number of anilines is 1. The van der Waals surface area contributed by atoms with Crippen molar-refractivity contribution in [2.24, 2.45) is 0 Å². The number of carbonyl (C=O) groups is 2. The molecule has 0 bridgehead atoms. The first-order chi connectivity index (χ1) is 18.3. The summed E-state index contributed by atoms with van der Waals surface area (Å²) in [7, 11) is -3.95. The van der Waals surface area contributed by atoms with E-state index in [2.05, 4.69) is 5.32 Å². The molecule has 0 unspecified atom stereocenters. The van der Waals surface area contributed by atoms with E-state index in [1.54, 1.807) is 0 Å². The van der Waals surface area contributed by atoms with Crippen molar-refractivity contribution in [2.75, 3.05) is 17.1 Å². The Labute approximate surface area is 240 Å². The van der Waals surface area contributed by atoms with E-state index in [0.29, 0.717) is 0 Å². The molecule has 1 N–H and O–H groups in total. The van der Waals surface area contributed by atoms with Gasteiger partial charge in [-0.05, 0) is 50.1 Å². The lowest BCUT2D eigenvalue weighted by Gasteiger charge is -2.34. The topological polar surface area (TPSA) is 86.8 Å². The number of sulfonamides is 1. The zero-order chi connectivity index (χ0) is 28.7. The second-order valence-corrected chi connectivity index (χ2v) is 12.5. The molecule has 0 aliphatic rings. The third-order valence-electron chi connectivity index (χ3n) is 6.03. The Hall–Kier alpha value is -3.07. The van der Waals surface area contributed by atoms with Gasteiger partial charge in [-0.3, -0.25) is 13.9 Å². The fraction of sp³-hybridized carbons (Fsp3) is 0.310. The van der Waals surface area contributed by atoms with Gasteiger partial charge < -0.3 is 10.2 Å². The Balaban J connectivity index is 2.07. The minimum atomic E-state index is -3.95. The summed E-state index contributed by atoms with van der Waals surface area (Å²) < 4.78 is 26.6. The third-order valence-corrected chi connectivity index (χ3v) is 7.71. The Kier molecular flexibility index (Phi) is 10.4. The van der Waals surface area contributed by atoms with Crippen molar-refractivity contribution in [3.05, 3.63) is 99.5 Å². The highest BCUT2D eigenvalue weighted by atomic mass is 35.5. The second-order valence-electron chi connectivity index (χ2n) is 9.74. The number of aryl methyl sites for hydroxylation is 1. The van der Waals surface area contributed by atoms with E-state index in [1.807, 2.05) is 75.4 Å². The van der Waals surface area contributed by atoms with Gasteiger partial charge in [0.05, 0.1) is 17.0 Å². The lowest BCUT2D eigenvalue weighted by atomic mass is 10.0. The van der Waals surface area contributed by atoms with E-state index in [0.717, 1.165) is 27.3 Å². The molecule has 0 aromatic heterocycles. The molecule has 10 heteroatoms. The Morgan fingerprint density at radius 1 is 0.923 bits per heavy atom. The number of nitrogens with zero attached hydrogens (tertiary/aromatic N) is 2. The first kappa shape index (κ1) is 30.5. The molecule has 3 aromatic rings. The summed E-state index contributed by atoms with van der Waals surface area (Å²) in [5.74, 6) is -0.891. The molecule has 3 rings (SSSR count). The van der Waals surface area contributed by atoms with Crippen LogP contribution in [0.15, 0.2) is 72.8 Å². The van der Waals surface area contributed by atoms with Crippen molar-refractivity contribution in [3.8, 4) is 0 Å². The van der Waals surface area contributed by atoms with Gasteiger partial charge in [-0.25, -0.2) is 8.42 Å². The Morgan fingerprint density at radius 2 is 1.56 bits per heavy atom. The van der Waals surface area contributed by atoms with Gasteiger partial charge in [-0.15, -0.1) is 0 Å². The van der Waals surface area contributed by atoms with E-state index in [-0.39, 0.29) is 40.6 Å². The van der Waals surface area contributed by atoms with Crippen LogP contribution in [0.3, 0.4) is 0 Å². The lowest BCUT2D eigenvalue weighted by Crippen LogP contribution is -2.54. The van der Waals surface area contributed by atoms with Crippen LogP contribution in [-0.4, -0.2) is 50.0 Å². The Bertz CT molecular complexity index is 1400. The standard InChI is InChI=1S/C29H33Cl2N3O4S/c1-20(2)32-29(36)27(16-22-8-6-5-7-9-22)33(18-23-12-10-21(3)11-13-23)28(35)19-34(39(4,37)38)26-17-24(30)14-15-25(26)31/h5-15,17,20,27H,16,18-19H2,1-4H3,(H,32,36)/t27-/m1/s1. The number of carbonyl (C=O) groups excluding carboxylic acids is 2. The fourth-order valence-electron chi connectivity index (χ4n) is 4.10. The van der Waals surface area contributed by atoms with Gasteiger partial charge in [0.2, 0.25) is 21.8 Å². The van der Waals surface area contributed by atoms with Gasteiger partial charge in [-0.2, -0.15) is 0 Å². The summed E-state index contributed by atoms with van der Waals surface area (Å²) in [5.41, 5.74) is 2.80. The van der Waals surface area contributed by atoms with Crippen molar-refractivity contribution in [1.82, 2.24) is 10.2 Å². The van der Waals surface area contributed by atoms with E-state index in [4.69, 9.17) is 23.2 Å². The highest BCUT2D eigenvalue weighted by Gasteiger charge is 2.33. The zero-order valence-corrected chi connectivity index (χ0v) is 24.7. The predicted molar refractivity (Wildman–Crippen MR) is 158 cm³/mol. The molecular weight excluding hydrogens is 557 g/mol. The molecule has 0 aliphatic carbocycles. The SMILES string of the molecule is Cc1ccc(CN(C(=O)CN(c2cc(Cl)ccc2Cl)S(C)(=O)=O)[C@H](Cc2ccccc2)C(=O)NC(C)C)cc1. The summed E-state index contributed by atoms with van der Waals surface area (Å²) in [4.78, 5) is 29.0. The average Bonchev–Trinajstić information content (AvgIpc) is 2.86. The van der Waals surface area contributed by atoms with Crippen molar-refractivity contribution >= 4 is 50.7 Å². The van der Waals surface area contributed by atoms with Crippen LogP contribution in [0.1, 0.15) is 30.5 Å². The number of nitrogens with one attached hydrogen (secondary N) is 1. The summed E-state index contributed by atoms with van der Waals surface area (Å²) in [6, 6.07) is 20.3. The van der Waals surface area contributed by atoms with Gasteiger partial charge >= 0.3 is 0 Å². The maximum Gasteiger partial charge on any atom is 0.244 e. The molecule has 3 aromatic carbocycles. The first-order valence-electron chi connectivity index (χ1n) is 12.5. The molecule has 2 amide bonds. The van der Waals surface area contributed by atoms with Crippen LogP contribution in [0, 0.1) is 6.92 Å². The van der Waals surface area contributed by atoms with E-state index >= 15 is 0 Å². The molecule has 1 atom stereocenters. The van der Waals surface area contributed by atoms with Crippen LogP contribution in [0.4, 0.5) is 5.69 Å². The van der Waals surface area contributed by atoms with E-state index < -0.39 is 28.5 Å².